The normalized spacial score (nSPS) is 14.0. The number of aromatic nitrogens is 3. The Morgan fingerprint density at radius 1 is 1.11 bits per heavy atom. The molecule has 9 heteroatoms. The average molecular weight is 485 g/mol. The minimum Gasteiger partial charge on any atom is -0.491 e. The molecule has 2 N–H and O–H groups in total. The van der Waals surface area contributed by atoms with Crippen molar-refractivity contribution < 1.29 is 14.3 Å². The number of benzene rings is 2. The fourth-order valence-corrected chi connectivity index (χ4v) is 4.21. The molecule has 9 nitrogen and oxygen atoms in total. The van der Waals surface area contributed by atoms with E-state index in [2.05, 4.69) is 37.1 Å². The van der Waals surface area contributed by atoms with Gasteiger partial charge in [0.15, 0.2) is 0 Å². The number of hydrogen-bond donors (Lipinski definition) is 2. The van der Waals surface area contributed by atoms with Crippen LogP contribution >= 0.6 is 0 Å². The fourth-order valence-electron chi connectivity index (χ4n) is 4.21. The lowest BCUT2D eigenvalue weighted by atomic mass is 10.1. The number of carbonyl (C=O) groups is 1. The van der Waals surface area contributed by atoms with Crippen molar-refractivity contribution in [1.29, 1.82) is 0 Å². The quantitative estimate of drug-likeness (QED) is 0.270. The third-order valence-corrected chi connectivity index (χ3v) is 6.05. The van der Waals surface area contributed by atoms with E-state index in [1.54, 1.807) is 6.20 Å². The molecule has 1 aliphatic heterocycles. The largest absolute Gasteiger partial charge is 0.491 e. The Balaban J connectivity index is 1.41. The van der Waals surface area contributed by atoms with E-state index in [9.17, 15) is 4.79 Å². The lowest BCUT2D eigenvalue weighted by Crippen LogP contribution is -2.37. The maximum absolute atomic E-state index is 12.2. The standard InChI is InChI=1S/C27H28N6O3/c1-2-25(34)31-23-16-20-22(17-24(23)36-13-5-10-33-11-14-35-15-12-33)29-18-30-27(20)32-21-8-3-6-19-7-4-9-28-26(19)21/h2-4,6-9,16-18H,1,5,10-15H2,(H,31,34)(H,29,30,32). The van der Waals surface area contributed by atoms with Gasteiger partial charge in [-0.15, -0.1) is 0 Å². The van der Waals surface area contributed by atoms with Crippen LogP contribution in [0.2, 0.25) is 0 Å². The molecule has 2 aromatic heterocycles. The van der Waals surface area contributed by atoms with Gasteiger partial charge in [0.1, 0.15) is 17.9 Å². The summed E-state index contributed by atoms with van der Waals surface area (Å²) in [5.74, 6) is 0.833. The van der Waals surface area contributed by atoms with Gasteiger partial charge in [-0.25, -0.2) is 9.97 Å². The second-order valence-corrected chi connectivity index (χ2v) is 8.44. The van der Waals surface area contributed by atoms with E-state index in [-0.39, 0.29) is 5.91 Å². The summed E-state index contributed by atoms with van der Waals surface area (Å²) in [5.41, 5.74) is 2.90. The number of ether oxygens (including phenoxy) is 2. The predicted molar refractivity (Wildman–Crippen MR) is 141 cm³/mol. The second-order valence-electron chi connectivity index (χ2n) is 8.44. The molecule has 36 heavy (non-hydrogen) atoms. The molecule has 0 bridgehead atoms. The number of nitrogens with one attached hydrogen (secondary N) is 2. The summed E-state index contributed by atoms with van der Waals surface area (Å²) in [6.45, 7) is 8.43. The first-order chi connectivity index (χ1) is 17.7. The number of anilines is 3. The highest BCUT2D eigenvalue weighted by molar-refractivity contribution is 6.04. The number of para-hydroxylation sites is 1. The molecule has 0 spiro atoms. The number of carbonyl (C=O) groups excluding carboxylic acids is 1. The second kappa shape index (κ2) is 11.1. The molecule has 1 saturated heterocycles. The Bertz CT molecular complexity index is 1380. The summed E-state index contributed by atoms with van der Waals surface area (Å²) in [5, 5.41) is 8.01. The Morgan fingerprint density at radius 2 is 1.97 bits per heavy atom. The maximum Gasteiger partial charge on any atom is 0.247 e. The van der Waals surface area contributed by atoms with Crippen LogP contribution in [0.15, 0.2) is 67.6 Å². The van der Waals surface area contributed by atoms with E-state index >= 15 is 0 Å². The topological polar surface area (TPSA) is 102 Å². The minimum absolute atomic E-state index is 0.322. The summed E-state index contributed by atoms with van der Waals surface area (Å²) in [7, 11) is 0. The van der Waals surface area contributed by atoms with Crippen LogP contribution in [0.5, 0.6) is 5.75 Å². The van der Waals surface area contributed by atoms with Gasteiger partial charge in [0.2, 0.25) is 5.91 Å². The summed E-state index contributed by atoms with van der Waals surface area (Å²) >= 11 is 0. The van der Waals surface area contributed by atoms with Gasteiger partial charge in [-0.1, -0.05) is 24.8 Å². The van der Waals surface area contributed by atoms with Crippen molar-refractivity contribution in [2.75, 3.05) is 50.1 Å². The smallest absolute Gasteiger partial charge is 0.247 e. The minimum atomic E-state index is -0.322. The summed E-state index contributed by atoms with van der Waals surface area (Å²) in [4.78, 5) is 28.0. The highest BCUT2D eigenvalue weighted by Crippen LogP contribution is 2.34. The maximum atomic E-state index is 12.2. The first kappa shape index (κ1) is 23.7. The number of hydrogen-bond acceptors (Lipinski definition) is 8. The van der Waals surface area contributed by atoms with Crippen molar-refractivity contribution >= 4 is 44.9 Å². The van der Waals surface area contributed by atoms with E-state index in [1.165, 1.54) is 12.4 Å². The molecule has 0 radical (unpaired) electrons. The third-order valence-electron chi connectivity index (χ3n) is 6.05. The van der Waals surface area contributed by atoms with Crippen LogP contribution in [-0.4, -0.2) is 65.2 Å². The summed E-state index contributed by atoms with van der Waals surface area (Å²) in [6.07, 6.45) is 5.36. The van der Waals surface area contributed by atoms with Gasteiger partial charge in [-0.3, -0.25) is 14.7 Å². The Morgan fingerprint density at radius 3 is 2.83 bits per heavy atom. The molecular formula is C27H28N6O3. The number of pyridine rings is 1. The summed E-state index contributed by atoms with van der Waals surface area (Å²) in [6, 6.07) is 13.5. The van der Waals surface area contributed by atoms with Crippen LogP contribution in [0.1, 0.15) is 6.42 Å². The number of fused-ring (bicyclic) bond motifs is 2. The van der Waals surface area contributed by atoms with Gasteiger partial charge in [-0.2, -0.15) is 0 Å². The molecule has 0 saturated carbocycles. The predicted octanol–water partition coefficient (Wildman–Crippen LogP) is 4.15. The molecule has 2 aromatic carbocycles. The molecule has 3 heterocycles. The fraction of sp³-hybridized carbons (Fsp3) is 0.259. The molecule has 1 fully saturated rings. The van der Waals surface area contributed by atoms with E-state index in [4.69, 9.17) is 9.47 Å². The van der Waals surface area contributed by atoms with Gasteiger partial charge in [-0.05, 0) is 30.7 Å². The highest BCUT2D eigenvalue weighted by atomic mass is 16.5. The zero-order valence-corrected chi connectivity index (χ0v) is 19.9. The molecule has 184 valence electrons. The van der Waals surface area contributed by atoms with Crippen LogP contribution in [0.3, 0.4) is 0 Å². The van der Waals surface area contributed by atoms with Gasteiger partial charge in [0.25, 0.3) is 0 Å². The number of nitrogens with zero attached hydrogens (tertiary/aromatic N) is 4. The van der Waals surface area contributed by atoms with E-state index in [1.807, 2.05) is 42.5 Å². The molecule has 5 rings (SSSR count). The number of amides is 1. The lowest BCUT2D eigenvalue weighted by Gasteiger charge is -2.26. The van der Waals surface area contributed by atoms with Crippen LogP contribution in [-0.2, 0) is 9.53 Å². The van der Waals surface area contributed by atoms with E-state index in [0.29, 0.717) is 29.4 Å². The first-order valence-corrected chi connectivity index (χ1v) is 12.0. The van der Waals surface area contributed by atoms with Crippen LogP contribution < -0.4 is 15.4 Å². The molecule has 0 aliphatic carbocycles. The zero-order valence-electron chi connectivity index (χ0n) is 19.9. The zero-order chi connectivity index (χ0) is 24.7. The SMILES string of the molecule is C=CC(=O)Nc1cc2c(Nc3cccc4cccnc34)ncnc2cc1OCCCN1CCOCC1. The van der Waals surface area contributed by atoms with Crippen molar-refractivity contribution in [3.8, 4) is 5.75 Å². The van der Waals surface area contributed by atoms with Gasteiger partial charge < -0.3 is 20.1 Å². The van der Waals surface area contributed by atoms with Crippen LogP contribution in [0, 0.1) is 0 Å². The molecule has 1 amide bonds. The Labute approximate surface area is 209 Å². The average Bonchev–Trinajstić information content (AvgIpc) is 2.92. The van der Waals surface area contributed by atoms with Gasteiger partial charge in [0, 0.05) is 42.7 Å². The Hall–Kier alpha value is -4.08. The van der Waals surface area contributed by atoms with Crippen molar-refractivity contribution in [1.82, 2.24) is 19.9 Å². The van der Waals surface area contributed by atoms with Crippen molar-refractivity contribution in [3.63, 3.8) is 0 Å². The van der Waals surface area contributed by atoms with Crippen LogP contribution in [0.25, 0.3) is 21.8 Å². The van der Waals surface area contributed by atoms with Crippen LogP contribution in [0.4, 0.5) is 17.2 Å². The van der Waals surface area contributed by atoms with E-state index < -0.39 is 0 Å². The number of rotatable bonds is 9. The van der Waals surface area contributed by atoms with Gasteiger partial charge in [0.05, 0.1) is 42.2 Å². The van der Waals surface area contributed by atoms with Crippen molar-refractivity contribution in [2.45, 2.75) is 6.42 Å². The molecular weight excluding hydrogens is 456 g/mol. The molecule has 0 atom stereocenters. The Kier molecular flexibility index (Phi) is 7.30. The highest BCUT2D eigenvalue weighted by Gasteiger charge is 2.15. The number of morpholine rings is 1. The molecule has 4 aromatic rings. The first-order valence-electron chi connectivity index (χ1n) is 12.0. The summed E-state index contributed by atoms with van der Waals surface area (Å²) < 4.78 is 11.5. The van der Waals surface area contributed by atoms with Gasteiger partial charge >= 0.3 is 0 Å². The van der Waals surface area contributed by atoms with E-state index in [0.717, 1.165) is 61.2 Å². The monoisotopic (exact) mass is 484 g/mol. The molecule has 1 aliphatic rings. The third kappa shape index (κ3) is 5.42. The van der Waals surface area contributed by atoms with Crippen molar-refractivity contribution in [3.05, 3.63) is 67.6 Å². The lowest BCUT2D eigenvalue weighted by molar-refractivity contribution is -0.111. The molecule has 0 unspecified atom stereocenters. The van der Waals surface area contributed by atoms with Crippen molar-refractivity contribution in [2.24, 2.45) is 0 Å².